The molecular weight excluding hydrogens is 456 g/mol. The number of carbonyl (C=O) groups excluding carboxylic acids is 1. The third kappa shape index (κ3) is 4.52. The first-order valence-corrected chi connectivity index (χ1v) is 12.6. The Labute approximate surface area is 202 Å². The van der Waals surface area contributed by atoms with Gasteiger partial charge in [0, 0.05) is 28.5 Å². The van der Waals surface area contributed by atoms with E-state index < -0.39 is 0 Å². The van der Waals surface area contributed by atoms with Crippen LogP contribution in [-0.2, 0) is 10.5 Å². The van der Waals surface area contributed by atoms with Gasteiger partial charge in [-0.1, -0.05) is 60.6 Å². The summed E-state index contributed by atoms with van der Waals surface area (Å²) >= 11 is 7.84. The summed E-state index contributed by atoms with van der Waals surface area (Å²) in [6.45, 7) is 2.76. The molecule has 0 spiro atoms. The number of benzene rings is 2. The van der Waals surface area contributed by atoms with Crippen LogP contribution in [0.1, 0.15) is 49.8 Å². The molecule has 1 atom stereocenters. The van der Waals surface area contributed by atoms with E-state index in [9.17, 15) is 4.79 Å². The largest absolute Gasteiger partial charge is 0.494 e. The normalized spacial score (nSPS) is 17.4. The van der Waals surface area contributed by atoms with Crippen LogP contribution in [0.5, 0.6) is 5.75 Å². The number of ketones is 1. The van der Waals surface area contributed by atoms with E-state index in [2.05, 4.69) is 12.2 Å². The van der Waals surface area contributed by atoms with Crippen LogP contribution in [0.25, 0.3) is 0 Å². The minimum absolute atomic E-state index is 0.173. The van der Waals surface area contributed by atoms with Gasteiger partial charge in [-0.2, -0.15) is 4.98 Å². The average Bonchev–Trinajstić information content (AvgIpc) is 3.24. The van der Waals surface area contributed by atoms with Gasteiger partial charge in [0.05, 0.1) is 6.61 Å². The molecule has 0 radical (unpaired) electrons. The number of hydrogen-bond acceptors (Lipinski definition) is 6. The maximum atomic E-state index is 13.0. The SMILES string of the molecule is CCCOc1ccc(C2C3=C(CCCC3=O)Nc3nc(SCc4ccccc4Cl)nn32)cc1. The van der Waals surface area contributed by atoms with E-state index in [1.165, 1.54) is 11.8 Å². The molecule has 2 aromatic carbocycles. The molecule has 2 heterocycles. The van der Waals surface area contributed by atoms with Gasteiger partial charge in [0.2, 0.25) is 11.1 Å². The molecule has 170 valence electrons. The highest BCUT2D eigenvalue weighted by atomic mass is 35.5. The minimum atomic E-state index is -0.300. The number of halogens is 1. The molecule has 0 amide bonds. The summed E-state index contributed by atoms with van der Waals surface area (Å²) in [6, 6.07) is 15.5. The summed E-state index contributed by atoms with van der Waals surface area (Å²) in [4.78, 5) is 17.7. The van der Waals surface area contributed by atoms with E-state index in [1.54, 1.807) is 0 Å². The highest BCUT2D eigenvalue weighted by Crippen LogP contribution is 2.41. The fourth-order valence-electron chi connectivity index (χ4n) is 4.23. The second-order valence-corrected chi connectivity index (χ2v) is 9.51. The Morgan fingerprint density at radius 1 is 1.18 bits per heavy atom. The number of aromatic nitrogens is 3. The number of anilines is 1. The third-order valence-electron chi connectivity index (χ3n) is 5.83. The van der Waals surface area contributed by atoms with Gasteiger partial charge in [-0.05, 0) is 48.6 Å². The van der Waals surface area contributed by atoms with Crippen LogP contribution in [-0.4, -0.2) is 27.2 Å². The molecule has 2 aliphatic rings. The molecule has 3 aromatic rings. The summed E-state index contributed by atoms with van der Waals surface area (Å²) in [7, 11) is 0. The average molecular weight is 481 g/mol. The van der Waals surface area contributed by atoms with Gasteiger partial charge in [-0.15, -0.1) is 5.10 Å². The van der Waals surface area contributed by atoms with Crippen molar-refractivity contribution in [3.8, 4) is 5.75 Å². The van der Waals surface area contributed by atoms with Gasteiger partial charge in [0.1, 0.15) is 11.8 Å². The second kappa shape index (κ2) is 9.61. The molecule has 6 nitrogen and oxygen atoms in total. The Morgan fingerprint density at radius 3 is 2.79 bits per heavy atom. The van der Waals surface area contributed by atoms with Gasteiger partial charge in [-0.25, -0.2) is 4.68 Å². The van der Waals surface area contributed by atoms with E-state index in [1.807, 2.05) is 53.2 Å². The summed E-state index contributed by atoms with van der Waals surface area (Å²) < 4.78 is 7.59. The number of carbonyl (C=O) groups is 1. The zero-order valence-corrected chi connectivity index (χ0v) is 20.0. The van der Waals surface area contributed by atoms with Gasteiger partial charge in [0.15, 0.2) is 5.78 Å². The van der Waals surface area contributed by atoms with Gasteiger partial charge in [-0.3, -0.25) is 4.79 Å². The first-order valence-electron chi connectivity index (χ1n) is 11.2. The van der Waals surface area contributed by atoms with Crippen molar-refractivity contribution in [3.05, 3.63) is 76.0 Å². The van der Waals surface area contributed by atoms with E-state index >= 15 is 0 Å². The van der Waals surface area contributed by atoms with Crippen LogP contribution in [0.15, 0.2) is 65.0 Å². The first-order chi connectivity index (χ1) is 16.1. The standard InChI is InChI=1S/C25H25ClN4O2S/c1-2-14-32-18-12-10-16(11-13-18)23-22-20(8-5-9-21(22)31)27-24-28-25(29-30(23)24)33-15-17-6-3-4-7-19(17)26/h3-4,6-7,10-13,23H,2,5,8-9,14-15H2,1H3,(H,27,28,29). The topological polar surface area (TPSA) is 69.0 Å². The number of allylic oxidation sites excluding steroid dienone is 2. The van der Waals surface area contributed by atoms with E-state index in [0.717, 1.165) is 52.4 Å². The number of nitrogens with one attached hydrogen (secondary N) is 1. The quantitative estimate of drug-likeness (QED) is 0.416. The van der Waals surface area contributed by atoms with Crippen LogP contribution in [0, 0.1) is 0 Å². The van der Waals surface area contributed by atoms with Crippen molar-refractivity contribution in [2.75, 3.05) is 11.9 Å². The van der Waals surface area contributed by atoms with Crippen LogP contribution >= 0.6 is 23.4 Å². The molecule has 1 unspecified atom stereocenters. The predicted molar refractivity (Wildman–Crippen MR) is 131 cm³/mol. The molecule has 0 saturated heterocycles. The van der Waals surface area contributed by atoms with Crippen molar-refractivity contribution in [3.63, 3.8) is 0 Å². The summed E-state index contributed by atoms with van der Waals surface area (Å²) in [6.07, 6.45) is 3.21. The summed E-state index contributed by atoms with van der Waals surface area (Å²) in [5, 5.41) is 9.56. The molecule has 5 rings (SSSR count). The number of nitrogens with zero attached hydrogens (tertiary/aromatic N) is 3. The zero-order chi connectivity index (χ0) is 22.8. The number of rotatable bonds is 7. The van der Waals surface area contributed by atoms with Crippen molar-refractivity contribution in [2.45, 2.75) is 49.6 Å². The van der Waals surface area contributed by atoms with Crippen LogP contribution in [0.2, 0.25) is 5.02 Å². The second-order valence-electron chi connectivity index (χ2n) is 8.16. The van der Waals surface area contributed by atoms with E-state index in [-0.39, 0.29) is 11.8 Å². The summed E-state index contributed by atoms with van der Waals surface area (Å²) in [5.41, 5.74) is 3.79. The highest BCUT2D eigenvalue weighted by molar-refractivity contribution is 7.98. The first kappa shape index (κ1) is 22.0. The number of thioether (sulfide) groups is 1. The Morgan fingerprint density at radius 2 is 2.00 bits per heavy atom. The molecule has 8 heteroatoms. The Hall–Kier alpha value is -2.77. The number of Topliss-reactive ketones (excluding diaryl/α,β-unsaturated/α-hetero) is 1. The maximum absolute atomic E-state index is 13.0. The van der Waals surface area contributed by atoms with Crippen molar-refractivity contribution in [1.82, 2.24) is 14.8 Å². The smallest absolute Gasteiger partial charge is 0.227 e. The highest BCUT2D eigenvalue weighted by Gasteiger charge is 2.36. The van der Waals surface area contributed by atoms with Crippen LogP contribution in [0.4, 0.5) is 5.95 Å². The molecule has 1 aromatic heterocycles. The Bertz CT molecular complexity index is 1210. The lowest BCUT2D eigenvalue weighted by Gasteiger charge is -2.32. The van der Waals surface area contributed by atoms with Crippen molar-refractivity contribution >= 4 is 35.1 Å². The lowest BCUT2D eigenvalue weighted by molar-refractivity contribution is -0.116. The zero-order valence-electron chi connectivity index (χ0n) is 18.4. The van der Waals surface area contributed by atoms with Crippen molar-refractivity contribution in [2.24, 2.45) is 0 Å². The van der Waals surface area contributed by atoms with Gasteiger partial charge in [0.25, 0.3) is 0 Å². The molecule has 1 aliphatic heterocycles. The van der Waals surface area contributed by atoms with Crippen molar-refractivity contribution in [1.29, 1.82) is 0 Å². The lowest BCUT2D eigenvalue weighted by Crippen LogP contribution is -2.31. The molecule has 1 aliphatic carbocycles. The number of ether oxygens (including phenoxy) is 1. The fourth-order valence-corrected chi connectivity index (χ4v) is 5.34. The van der Waals surface area contributed by atoms with Gasteiger partial charge < -0.3 is 10.1 Å². The van der Waals surface area contributed by atoms with E-state index in [0.29, 0.717) is 29.9 Å². The summed E-state index contributed by atoms with van der Waals surface area (Å²) in [5.74, 6) is 2.34. The molecule has 0 fully saturated rings. The maximum Gasteiger partial charge on any atom is 0.227 e. The van der Waals surface area contributed by atoms with Gasteiger partial charge >= 0.3 is 0 Å². The third-order valence-corrected chi connectivity index (χ3v) is 7.09. The van der Waals surface area contributed by atoms with Crippen molar-refractivity contribution < 1.29 is 9.53 Å². The molecule has 0 saturated carbocycles. The molecule has 33 heavy (non-hydrogen) atoms. The molecule has 0 bridgehead atoms. The predicted octanol–water partition coefficient (Wildman–Crippen LogP) is 6.03. The fraction of sp³-hybridized carbons (Fsp3) is 0.320. The monoisotopic (exact) mass is 480 g/mol. The minimum Gasteiger partial charge on any atom is -0.494 e. The number of hydrogen-bond donors (Lipinski definition) is 1. The number of fused-ring (bicyclic) bond motifs is 1. The van der Waals surface area contributed by atoms with E-state index in [4.69, 9.17) is 26.4 Å². The Balaban J connectivity index is 1.47. The molecular formula is C25H25ClN4O2S. The molecule has 1 N–H and O–H groups in total. The Kier molecular flexibility index (Phi) is 6.42. The van der Waals surface area contributed by atoms with Crippen LogP contribution < -0.4 is 10.1 Å². The lowest BCUT2D eigenvalue weighted by atomic mass is 9.85. The van der Waals surface area contributed by atoms with Crippen LogP contribution in [0.3, 0.4) is 0 Å².